The fourth-order valence-electron chi connectivity index (χ4n) is 3.77. The molecule has 0 radical (unpaired) electrons. The molecule has 164 valence electrons. The SMILES string of the molecule is C=CCNC(=O)CN1CCN(CC(=O)Nc2cc(C3CC3)nn2-c2ccccc2)CC1. The Balaban J connectivity index is 1.31. The van der Waals surface area contributed by atoms with E-state index in [0.29, 0.717) is 25.6 Å². The topological polar surface area (TPSA) is 82.5 Å². The molecule has 0 atom stereocenters. The van der Waals surface area contributed by atoms with Crippen molar-refractivity contribution in [3.63, 3.8) is 0 Å². The van der Waals surface area contributed by atoms with E-state index in [1.165, 1.54) is 0 Å². The molecule has 1 aromatic carbocycles. The summed E-state index contributed by atoms with van der Waals surface area (Å²) in [4.78, 5) is 28.8. The van der Waals surface area contributed by atoms with E-state index >= 15 is 0 Å². The van der Waals surface area contributed by atoms with Gasteiger partial charge in [0.1, 0.15) is 5.82 Å². The monoisotopic (exact) mass is 422 g/mol. The fraction of sp³-hybridized carbons (Fsp3) is 0.435. The van der Waals surface area contributed by atoms with Crippen LogP contribution < -0.4 is 10.6 Å². The van der Waals surface area contributed by atoms with Gasteiger partial charge in [-0.15, -0.1) is 6.58 Å². The van der Waals surface area contributed by atoms with E-state index in [1.807, 2.05) is 41.1 Å². The third kappa shape index (κ3) is 5.80. The van der Waals surface area contributed by atoms with E-state index in [2.05, 4.69) is 27.0 Å². The molecule has 1 aromatic heterocycles. The zero-order valence-electron chi connectivity index (χ0n) is 17.8. The molecule has 1 saturated carbocycles. The smallest absolute Gasteiger partial charge is 0.239 e. The predicted molar refractivity (Wildman–Crippen MR) is 120 cm³/mol. The van der Waals surface area contributed by atoms with Crippen LogP contribution in [0.5, 0.6) is 0 Å². The number of rotatable bonds is 9. The lowest BCUT2D eigenvalue weighted by Gasteiger charge is -2.33. The highest BCUT2D eigenvalue weighted by molar-refractivity contribution is 5.91. The van der Waals surface area contributed by atoms with Gasteiger partial charge in [-0.1, -0.05) is 24.3 Å². The van der Waals surface area contributed by atoms with Crippen molar-refractivity contribution in [2.75, 3.05) is 51.1 Å². The molecular formula is C23H30N6O2. The quantitative estimate of drug-likeness (QED) is 0.600. The minimum absolute atomic E-state index is 0.00624. The van der Waals surface area contributed by atoms with Crippen LogP contribution in [0.25, 0.3) is 5.69 Å². The van der Waals surface area contributed by atoms with Crippen LogP contribution in [0, 0.1) is 0 Å². The van der Waals surface area contributed by atoms with Gasteiger partial charge in [0.05, 0.1) is 24.5 Å². The van der Waals surface area contributed by atoms with Gasteiger partial charge in [0.15, 0.2) is 0 Å². The van der Waals surface area contributed by atoms with Gasteiger partial charge in [-0.2, -0.15) is 5.10 Å². The van der Waals surface area contributed by atoms with Gasteiger partial charge in [-0.05, 0) is 25.0 Å². The molecule has 2 N–H and O–H groups in total. The summed E-state index contributed by atoms with van der Waals surface area (Å²) in [6.07, 6.45) is 4.00. The number of nitrogens with one attached hydrogen (secondary N) is 2. The van der Waals surface area contributed by atoms with Gasteiger partial charge in [-0.25, -0.2) is 4.68 Å². The number of para-hydroxylation sites is 1. The first-order chi connectivity index (χ1) is 15.1. The Bertz CT molecular complexity index is 913. The predicted octanol–water partition coefficient (Wildman–Crippen LogP) is 1.61. The molecule has 1 aliphatic carbocycles. The number of hydrogen-bond acceptors (Lipinski definition) is 5. The number of anilines is 1. The molecule has 0 unspecified atom stereocenters. The Kier molecular flexibility index (Phi) is 6.79. The maximum atomic E-state index is 12.8. The van der Waals surface area contributed by atoms with Gasteiger partial charge < -0.3 is 10.6 Å². The lowest BCUT2D eigenvalue weighted by molar-refractivity contribution is -0.123. The second kappa shape index (κ2) is 9.89. The number of carbonyl (C=O) groups is 2. The summed E-state index contributed by atoms with van der Waals surface area (Å²) >= 11 is 0. The van der Waals surface area contributed by atoms with Crippen molar-refractivity contribution in [3.05, 3.63) is 54.7 Å². The summed E-state index contributed by atoms with van der Waals surface area (Å²) in [7, 11) is 0. The fourth-order valence-corrected chi connectivity index (χ4v) is 3.77. The molecule has 2 heterocycles. The standard InChI is InChI=1S/C23H30N6O2/c1-2-10-24-22(30)16-27-11-13-28(14-12-27)17-23(31)25-21-15-20(18-8-9-18)26-29(21)19-6-4-3-5-7-19/h2-7,15,18H,1,8-14,16-17H2,(H,24,30)(H,25,31). The maximum absolute atomic E-state index is 12.8. The van der Waals surface area contributed by atoms with Crippen molar-refractivity contribution in [2.24, 2.45) is 0 Å². The minimum Gasteiger partial charge on any atom is -0.352 e. The molecule has 4 rings (SSSR count). The molecule has 2 aromatic rings. The van der Waals surface area contributed by atoms with Crippen molar-refractivity contribution in [1.82, 2.24) is 24.9 Å². The normalized spacial score (nSPS) is 17.3. The van der Waals surface area contributed by atoms with Crippen molar-refractivity contribution >= 4 is 17.6 Å². The molecule has 2 fully saturated rings. The van der Waals surface area contributed by atoms with Gasteiger partial charge >= 0.3 is 0 Å². The number of benzene rings is 1. The number of amides is 2. The van der Waals surface area contributed by atoms with Crippen LogP contribution in [0.3, 0.4) is 0 Å². The number of hydrogen-bond donors (Lipinski definition) is 2. The summed E-state index contributed by atoms with van der Waals surface area (Å²) in [5, 5.41) is 10.6. The highest BCUT2D eigenvalue weighted by atomic mass is 16.2. The Labute approximate surface area is 182 Å². The number of piperazine rings is 1. The first-order valence-electron chi connectivity index (χ1n) is 10.9. The van der Waals surface area contributed by atoms with Crippen LogP contribution in [-0.2, 0) is 9.59 Å². The number of aromatic nitrogens is 2. The molecule has 8 heteroatoms. The largest absolute Gasteiger partial charge is 0.352 e. The highest BCUT2D eigenvalue weighted by Crippen LogP contribution is 2.40. The summed E-state index contributed by atoms with van der Waals surface area (Å²) in [5.41, 5.74) is 1.98. The van der Waals surface area contributed by atoms with E-state index in [1.54, 1.807) is 6.08 Å². The van der Waals surface area contributed by atoms with Crippen molar-refractivity contribution in [3.8, 4) is 5.69 Å². The van der Waals surface area contributed by atoms with E-state index in [-0.39, 0.29) is 11.8 Å². The molecule has 1 aliphatic heterocycles. The molecule has 0 spiro atoms. The second-order valence-electron chi connectivity index (χ2n) is 8.17. The third-order valence-corrected chi connectivity index (χ3v) is 5.64. The molecule has 2 aliphatic rings. The molecule has 31 heavy (non-hydrogen) atoms. The van der Waals surface area contributed by atoms with Crippen LogP contribution in [0.15, 0.2) is 49.1 Å². The van der Waals surface area contributed by atoms with Crippen LogP contribution in [0.1, 0.15) is 24.5 Å². The average molecular weight is 423 g/mol. The van der Waals surface area contributed by atoms with E-state index < -0.39 is 0 Å². The zero-order valence-corrected chi connectivity index (χ0v) is 17.8. The Morgan fingerprint density at radius 2 is 1.68 bits per heavy atom. The first kappa shape index (κ1) is 21.3. The minimum atomic E-state index is -0.0448. The van der Waals surface area contributed by atoms with E-state index in [4.69, 9.17) is 5.10 Å². The lowest BCUT2D eigenvalue weighted by atomic mass is 10.3. The molecule has 1 saturated heterocycles. The molecule has 8 nitrogen and oxygen atoms in total. The summed E-state index contributed by atoms with van der Waals surface area (Å²) in [6.45, 7) is 7.85. The van der Waals surface area contributed by atoms with Crippen molar-refractivity contribution in [1.29, 1.82) is 0 Å². The van der Waals surface area contributed by atoms with Gasteiger partial charge in [-0.3, -0.25) is 19.4 Å². The average Bonchev–Trinajstić information content (AvgIpc) is 3.55. The second-order valence-corrected chi connectivity index (χ2v) is 8.17. The van der Waals surface area contributed by atoms with Crippen LogP contribution in [-0.4, -0.2) is 77.2 Å². The Morgan fingerprint density at radius 3 is 2.29 bits per heavy atom. The summed E-state index contributed by atoms with van der Waals surface area (Å²) < 4.78 is 1.82. The van der Waals surface area contributed by atoms with Crippen molar-refractivity contribution < 1.29 is 9.59 Å². The van der Waals surface area contributed by atoms with Gasteiger partial charge in [0.2, 0.25) is 11.8 Å². The highest BCUT2D eigenvalue weighted by Gasteiger charge is 2.28. The molecule has 0 bridgehead atoms. The van der Waals surface area contributed by atoms with Crippen LogP contribution in [0.2, 0.25) is 0 Å². The summed E-state index contributed by atoms with van der Waals surface area (Å²) in [6, 6.07) is 11.9. The zero-order chi connectivity index (χ0) is 21.6. The van der Waals surface area contributed by atoms with Crippen molar-refractivity contribution in [2.45, 2.75) is 18.8 Å². The van der Waals surface area contributed by atoms with Crippen LogP contribution >= 0.6 is 0 Å². The van der Waals surface area contributed by atoms with Gasteiger partial charge in [0.25, 0.3) is 0 Å². The molecule has 2 amide bonds. The number of nitrogens with zero attached hydrogens (tertiary/aromatic N) is 4. The first-order valence-corrected chi connectivity index (χ1v) is 10.9. The maximum Gasteiger partial charge on any atom is 0.239 e. The third-order valence-electron chi connectivity index (χ3n) is 5.64. The number of carbonyl (C=O) groups excluding carboxylic acids is 2. The lowest BCUT2D eigenvalue weighted by Crippen LogP contribution is -2.51. The van der Waals surface area contributed by atoms with E-state index in [0.717, 1.165) is 56.2 Å². The van der Waals surface area contributed by atoms with Gasteiger partial charge in [0, 0.05) is 44.7 Å². The molecular weight excluding hydrogens is 392 g/mol. The Hall–Kier alpha value is -2.97. The van der Waals surface area contributed by atoms with Crippen LogP contribution in [0.4, 0.5) is 5.82 Å². The van der Waals surface area contributed by atoms with E-state index in [9.17, 15) is 9.59 Å². The Morgan fingerprint density at radius 1 is 1.03 bits per heavy atom. The summed E-state index contributed by atoms with van der Waals surface area (Å²) in [5.74, 6) is 1.19.